The molecule has 0 atom stereocenters. The quantitative estimate of drug-likeness (QED) is 0.633. The molecule has 2 nitrogen and oxygen atoms in total. The van der Waals surface area contributed by atoms with Gasteiger partial charge in [-0.25, -0.2) is 0 Å². The van der Waals surface area contributed by atoms with E-state index in [0.717, 1.165) is 0 Å². The van der Waals surface area contributed by atoms with Crippen molar-refractivity contribution in [3.8, 4) is 0 Å². The van der Waals surface area contributed by atoms with E-state index >= 15 is 0 Å². The van der Waals surface area contributed by atoms with Gasteiger partial charge in [-0.15, -0.1) is 0 Å². The van der Waals surface area contributed by atoms with Gasteiger partial charge in [0.05, 0.1) is 9.29 Å². The van der Waals surface area contributed by atoms with Crippen LogP contribution in [0.25, 0.3) is 0 Å². The second-order valence-corrected chi connectivity index (χ2v) is 6.71. The summed E-state index contributed by atoms with van der Waals surface area (Å²) in [6.45, 7) is 11.2. The largest absolute Gasteiger partial charge is 0.422 e. The lowest BCUT2D eigenvalue weighted by molar-refractivity contribution is -0.122. The number of hydrogen-bond acceptors (Lipinski definition) is 2. The summed E-state index contributed by atoms with van der Waals surface area (Å²) in [4.78, 5) is 23.1. The molecule has 73 valence electrons. The summed E-state index contributed by atoms with van der Waals surface area (Å²) in [7, 11) is 0. The highest BCUT2D eigenvalue weighted by atomic mass is 27.1. The third-order valence-electron chi connectivity index (χ3n) is 1.74. The SMILES string of the molecule is CC(C)(C)[C](=O)[Al][C](=O)C(C)(C)C. The molecule has 0 aromatic heterocycles. The summed E-state index contributed by atoms with van der Waals surface area (Å²) in [5.41, 5.74) is -0.730. The predicted octanol–water partition coefficient (Wildman–Crippen LogP) is 1.84. The van der Waals surface area contributed by atoms with Gasteiger partial charge in [0.25, 0.3) is 0 Å². The average molecular weight is 197 g/mol. The standard InChI is InChI=1S/2C5H9O.Al/c2*1-5(2,3)4-6;/h2*1-3H3;. The van der Waals surface area contributed by atoms with Crippen molar-refractivity contribution in [2.24, 2.45) is 10.8 Å². The summed E-state index contributed by atoms with van der Waals surface area (Å²) < 4.78 is 0.208. The molecule has 3 heteroatoms. The van der Waals surface area contributed by atoms with Crippen LogP contribution in [0.1, 0.15) is 41.5 Å². The molecule has 0 unspecified atom stereocenters. The van der Waals surface area contributed by atoms with E-state index in [-0.39, 0.29) is 20.1 Å². The Balaban J connectivity index is 4.34. The van der Waals surface area contributed by atoms with E-state index in [0.29, 0.717) is 0 Å². The van der Waals surface area contributed by atoms with E-state index in [1.54, 1.807) is 0 Å². The number of hydrogen-bond donors (Lipinski definition) is 0. The van der Waals surface area contributed by atoms with Gasteiger partial charge < -0.3 is 9.59 Å². The molecule has 0 aromatic carbocycles. The number of carbonyl (C=O) groups excluding carboxylic acids is 2. The second kappa shape index (κ2) is 3.94. The van der Waals surface area contributed by atoms with Crippen LogP contribution in [0.15, 0.2) is 0 Å². The smallest absolute Gasteiger partial charge is 0.321 e. The highest BCUT2D eigenvalue weighted by Gasteiger charge is 2.30. The first-order valence-electron chi connectivity index (χ1n) is 4.49. The van der Waals surface area contributed by atoms with Crippen LogP contribution in [0.2, 0.25) is 0 Å². The lowest BCUT2D eigenvalue weighted by Gasteiger charge is -2.20. The van der Waals surface area contributed by atoms with Gasteiger partial charge in [0.1, 0.15) is 0 Å². The van der Waals surface area contributed by atoms with Crippen LogP contribution >= 0.6 is 0 Å². The second-order valence-electron chi connectivity index (χ2n) is 5.37. The normalized spacial score (nSPS) is 12.5. The van der Waals surface area contributed by atoms with Gasteiger partial charge in [0.2, 0.25) is 0 Å². The summed E-state index contributed by atoms with van der Waals surface area (Å²) in [6.07, 6.45) is 0. The van der Waals surface area contributed by atoms with Gasteiger partial charge in [-0.2, -0.15) is 0 Å². The highest BCUT2D eigenvalue weighted by molar-refractivity contribution is 6.98. The lowest BCUT2D eigenvalue weighted by Crippen LogP contribution is -2.36. The van der Waals surface area contributed by atoms with Crippen molar-refractivity contribution in [2.45, 2.75) is 41.5 Å². The van der Waals surface area contributed by atoms with Crippen LogP contribution in [0.3, 0.4) is 0 Å². The van der Waals surface area contributed by atoms with Gasteiger partial charge in [-0.1, -0.05) is 41.5 Å². The molecule has 0 saturated heterocycles. The van der Waals surface area contributed by atoms with Crippen molar-refractivity contribution in [2.75, 3.05) is 0 Å². The third kappa shape index (κ3) is 4.59. The van der Waals surface area contributed by atoms with Gasteiger partial charge in [0.15, 0.2) is 0 Å². The number of rotatable bonds is 2. The fourth-order valence-corrected chi connectivity index (χ4v) is 1.66. The van der Waals surface area contributed by atoms with E-state index in [9.17, 15) is 9.59 Å². The fourth-order valence-electron chi connectivity index (χ4n) is 0.552. The zero-order valence-electron chi connectivity index (χ0n) is 9.39. The first-order chi connectivity index (χ1) is 5.55. The van der Waals surface area contributed by atoms with Gasteiger partial charge in [-0.3, -0.25) is 0 Å². The minimum absolute atomic E-state index is 0.104. The van der Waals surface area contributed by atoms with Crippen molar-refractivity contribution in [1.29, 1.82) is 0 Å². The molecule has 0 amide bonds. The molecular formula is C10H18AlO2. The number of carbonyl (C=O) groups is 2. The lowest BCUT2D eigenvalue weighted by atomic mass is 9.99. The Kier molecular flexibility index (Phi) is 3.90. The molecule has 13 heavy (non-hydrogen) atoms. The van der Waals surface area contributed by atoms with Crippen LogP contribution in [-0.2, 0) is 9.59 Å². The first kappa shape index (κ1) is 12.9. The maximum Gasteiger partial charge on any atom is 0.422 e. The van der Waals surface area contributed by atoms with Crippen molar-refractivity contribution in [3.63, 3.8) is 0 Å². The molecule has 0 saturated carbocycles. The van der Waals surface area contributed by atoms with Crippen molar-refractivity contribution < 1.29 is 9.59 Å². The van der Waals surface area contributed by atoms with Crippen LogP contribution in [0, 0.1) is 10.8 Å². The molecule has 0 heterocycles. The zero-order valence-corrected chi connectivity index (χ0v) is 10.5. The molecule has 0 bridgehead atoms. The average Bonchev–Trinajstić information content (AvgIpc) is 1.82. The third-order valence-corrected chi connectivity index (χ3v) is 4.00. The zero-order chi connectivity index (χ0) is 10.9. The van der Waals surface area contributed by atoms with Crippen molar-refractivity contribution in [3.05, 3.63) is 0 Å². The van der Waals surface area contributed by atoms with Crippen LogP contribution in [0.4, 0.5) is 0 Å². The molecule has 0 fully saturated rings. The van der Waals surface area contributed by atoms with Crippen molar-refractivity contribution >= 4 is 24.5 Å². The molecule has 0 spiro atoms. The molecule has 0 aromatic rings. The van der Waals surface area contributed by atoms with E-state index in [1.165, 1.54) is 0 Å². The summed E-state index contributed by atoms with van der Waals surface area (Å²) >= 11 is -0.711. The summed E-state index contributed by atoms with van der Waals surface area (Å²) in [5.74, 6) is 0. The van der Waals surface area contributed by atoms with E-state index in [2.05, 4.69) is 0 Å². The minimum Gasteiger partial charge on any atom is -0.321 e. The van der Waals surface area contributed by atoms with E-state index < -0.39 is 15.2 Å². The van der Waals surface area contributed by atoms with Gasteiger partial charge in [-0.05, 0) is 0 Å². The Morgan fingerprint density at radius 1 is 0.769 bits per heavy atom. The van der Waals surface area contributed by atoms with E-state index in [4.69, 9.17) is 0 Å². The topological polar surface area (TPSA) is 34.1 Å². The maximum absolute atomic E-state index is 11.5. The minimum atomic E-state index is -0.711. The summed E-state index contributed by atoms with van der Waals surface area (Å²) in [6, 6.07) is 0. The molecule has 0 rings (SSSR count). The molecule has 0 aliphatic rings. The molecule has 0 aliphatic carbocycles. The Bertz CT molecular complexity index is 194. The summed E-state index contributed by atoms with van der Waals surface area (Å²) in [5, 5.41) is 0. The molecular weight excluding hydrogens is 179 g/mol. The molecule has 1 radical (unpaired) electrons. The Labute approximate surface area is 86.8 Å². The van der Waals surface area contributed by atoms with Gasteiger partial charge in [0, 0.05) is 10.8 Å². The Hall–Kier alpha value is -0.128. The van der Waals surface area contributed by atoms with Crippen LogP contribution < -0.4 is 0 Å². The molecule has 0 aliphatic heterocycles. The Morgan fingerprint density at radius 2 is 1.00 bits per heavy atom. The monoisotopic (exact) mass is 197 g/mol. The van der Waals surface area contributed by atoms with Crippen LogP contribution in [-0.4, -0.2) is 24.5 Å². The van der Waals surface area contributed by atoms with Crippen LogP contribution in [0.5, 0.6) is 0 Å². The Morgan fingerprint density at radius 3 is 1.15 bits per heavy atom. The predicted molar refractivity (Wildman–Crippen MR) is 54.7 cm³/mol. The van der Waals surface area contributed by atoms with Gasteiger partial charge >= 0.3 is 15.2 Å². The molecule has 0 N–H and O–H groups in total. The van der Waals surface area contributed by atoms with Crippen molar-refractivity contribution in [1.82, 2.24) is 0 Å². The first-order valence-corrected chi connectivity index (χ1v) is 5.64. The van der Waals surface area contributed by atoms with E-state index in [1.807, 2.05) is 41.5 Å². The fraction of sp³-hybridized carbons (Fsp3) is 0.800. The maximum atomic E-state index is 11.5. The highest BCUT2D eigenvalue weighted by Crippen LogP contribution is 2.18.